The third kappa shape index (κ3) is 4.98. The van der Waals surface area contributed by atoms with Crippen LogP contribution >= 0.6 is 0 Å². The van der Waals surface area contributed by atoms with Crippen molar-refractivity contribution in [3.8, 4) is 5.75 Å². The van der Waals surface area contributed by atoms with Crippen molar-refractivity contribution >= 4 is 6.08 Å². The van der Waals surface area contributed by atoms with Gasteiger partial charge in [-0.1, -0.05) is 42.9 Å². The van der Waals surface area contributed by atoms with E-state index in [1.807, 2.05) is 33.8 Å². The standard InChI is InChI=1S/C27H36O7/c1-7-22-27(6,30)26(5)24(29)20(33-25(26)34-22)13-11-9-8-10-12-19-18(4)21(16-23(28)32-19)31-15-14-17(2)3/h8-14,16,20,22,24-25,29-30H,7,15H2,1-6H3/b9-8+,12-10+,13-11+/t20-,22-,24+,25+,26+,27+/m1/s1. The molecule has 0 saturated carbocycles. The fraction of sp³-hybridized carbons (Fsp3) is 0.519. The van der Waals surface area contributed by atoms with Crippen molar-refractivity contribution in [3.05, 3.63) is 69.8 Å². The Hall–Kier alpha value is -2.45. The second-order valence-corrected chi connectivity index (χ2v) is 9.48. The van der Waals surface area contributed by atoms with Gasteiger partial charge in [0.15, 0.2) is 6.29 Å². The van der Waals surface area contributed by atoms with Crippen molar-refractivity contribution in [2.24, 2.45) is 5.41 Å². The number of hydrogen-bond acceptors (Lipinski definition) is 7. The first-order valence-electron chi connectivity index (χ1n) is 11.7. The second-order valence-electron chi connectivity index (χ2n) is 9.48. The number of hydrogen-bond donors (Lipinski definition) is 2. The molecule has 2 aliphatic heterocycles. The minimum atomic E-state index is -1.20. The molecular weight excluding hydrogens is 436 g/mol. The Morgan fingerprint density at radius 2 is 1.88 bits per heavy atom. The molecule has 1 aromatic rings. The van der Waals surface area contributed by atoms with Crippen LogP contribution in [0.1, 0.15) is 52.4 Å². The van der Waals surface area contributed by atoms with Crippen molar-refractivity contribution in [1.82, 2.24) is 0 Å². The van der Waals surface area contributed by atoms with Crippen LogP contribution in [-0.2, 0) is 9.47 Å². The largest absolute Gasteiger partial charge is 0.489 e. The van der Waals surface area contributed by atoms with Gasteiger partial charge in [-0.3, -0.25) is 0 Å². The summed E-state index contributed by atoms with van der Waals surface area (Å²) < 4.78 is 22.7. The van der Waals surface area contributed by atoms with Crippen molar-refractivity contribution in [2.45, 2.75) is 78.2 Å². The Morgan fingerprint density at radius 1 is 1.18 bits per heavy atom. The van der Waals surface area contributed by atoms with Crippen molar-refractivity contribution < 1.29 is 28.8 Å². The summed E-state index contributed by atoms with van der Waals surface area (Å²) in [5, 5.41) is 21.9. The molecule has 0 spiro atoms. The predicted molar refractivity (Wildman–Crippen MR) is 131 cm³/mol. The number of aliphatic hydroxyl groups is 2. The molecule has 186 valence electrons. The fourth-order valence-electron chi connectivity index (χ4n) is 4.43. The van der Waals surface area contributed by atoms with E-state index in [1.54, 1.807) is 50.3 Å². The maximum Gasteiger partial charge on any atom is 0.339 e. The molecule has 3 rings (SSSR count). The van der Waals surface area contributed by atoms with Gasteiger partial charge < -0.3 is 28.8 Å². The van der Waals surface area contributed by atoms with Gasteiger partial charge in [-0.2, -0.15) is 0 Å². The van der Waals surface area contributed by atoms with E-state index < -0.39 is 35.1 Å². The minimum absolute atomic E-state index is 0.383. The Labute approximate surface area is 201 Å². The van der Waals surface area contributed by atoms with Crippen LogP contribution in [-0.4, -0.2) is 47.0 Å². The fourth-order valence-corrected chi connectivity index (χ4v) is 4.43. The minimum Gasteiger partial charge on any atom is -0.489 e. The smallest absolute Gasteiger partial charge is 0.339 e. The molecular formula is C27H36O7. The van der Waals surface area contributed by atoms with Crippen molar-refractivity contribution in [1.29, 1.82) is 0 Å². The molecule has 34 heavy (non-hydrogen) atoms. The predicted octanol–water partition coefficient (Wildman–Crippen LogP) is 4.07. The molecule has 0 radical (unpaired) electrons. The summed E-state index contributed by atoms with van der Waals surface area (Å²) in [5.74, 6) is 0.917. The highest BCUT2D eigenvalue weighted by Gasteiger charge is 2.69. The van der Waals surface area contributed by atoms with Crippen LogP contribution in [0.2, 0.25) is 0 Å². The highest BCUT2D eigenvalue weighted by atomic mass is 16.7. The molecule has 0 amide bonds. The van der Waals surface area contributed by atoms with Gasteiger partial charge >= 0.3 is 5.63 Å². The topological polar surface area (TPSA) is 98.4 Å². The van der Waals surface area contributed by atoms with E-state index >= 15 is 0 Å². The van der Waals surface area contributed by atoms with Gasteiger partial charge in [-0.15, -0.1) is 0 Å². The molecule has 0 aromatic carbocycles. The molecule has 2 saturated heterocycles. The summed E-state index contributed by atoms with van der Waals surface area (Å²) in [4.78, 5) is 11.9. The van der Waals surface area contributed by atoms with Crippen molar-refractivity contribution in [2.75, 3.05) is 6.61 Å². The normalized spacial score (nSPS) is 33.3. The third-order valence-corrected chi connectivity index (χ3v) is 6.88. The molecule has 2 N–H and O–H groups in total. The lowest BCUT2D eigenvalue weighted by molar-refractivity contribution is -0.144. The maximum absolute atomic E-state index is 11.9. The molecule has 0 bridgehead atoms. The number of fused-ring (bicyclic) bond motifs is 1. The monoisotopic (exact) mass is 472 g/mol. The molecule has 1 aromatic heterocycles. The van der Waals surface area contributed by atoms with Crippen LogP contribution in [0.15, 0.2) is 57.3 Å². The first-order chi connectivity index (χ1) is 16.0. The number of allylic oxidation sites excluding steroid dienone is 5. The number of aliphatic hydroxyl groups excluding tert-OH is 1. The van der Waals surface area contributed by atoms with E-state index in [4.69, 9.17) is 18.6 Å². The summed E-state index contributed by atoms with van der Waals surface area (Å²) in [5.41, 5.74) is -0.716. The van der Waals surface area contributed by atoms with Gasteiger partial charge in [0.05, 0.1) is 23.7 Å². The van der Waals surface area contributed by atoms with Gasteiger partial charge in [0.2, 0.25) is 0 Å². The molecule has 7 nitrogen and oxygen atoms in total. The van der Waals surface area contributed by atoms with E-state index in [2.05, 4.69) is 0 Å². The SMILES string of the molecule is CC[C@H]1O[C@@H]2O[C@H](/C=C/C=C/C=C/c3oc(=O)cc(OCC=C(C)C)c3C)[C@H](O)[C@]2(C)[C@@]1(C)O. The van der Waals surface area contributed by atoms with Crippen LogP contribution in [0.5, 0.6) is 5.75 Å². The molecule has 2 aliphatic rings. The molecule has 7 heteroatoms. The Kier molecular flexibility index (Phi) is 8.03. The summed E-state index contributed by atoms with van der Waals surface area (Å²) >= 11 is 0. The molecule has 3 heterocycles. The third-order valence-electron chi connectivity index (χ3n) is 6.88. The molecule has 0 unspecified atom stereocenters. The van der Waals surface area contributed by atoms with E-state index in [0.29, 0.717) is 24.5 Å². The lowest BCUT2D eigenvalue weighted by Gasteiger charge is -2.38. The second kappa shape index (κ2) is 10.4. The van der Waals surface area contributed by atoms with E-state index in [9.17, 15) is 15.0 Å². The Morgan fingerprint density at radius 3 is 2.53 bits per heavy atom. The summed E-state index contributed by atoms with van der Waals surface area (Å²) in [6, 6.07) is 1.34. The molecule has 0 aliphatic carbocycles. The van der Waals surface area contributed by atoms with Gasteiger partial charge in [0.25, 0.3) is 0 Å². The van der Waals surface area contributed by atoms with Gasteiger partial charge in [0, 0.05) is 5.56 Å². The van der Waals surface area contributed by atoms with E-state index in [-0.39, 0.29) is 6.10 Å². The average molecular weight is 473 g/mol. The van der Waals surface area contributed by atoms with Crippen LogP contribution in [0.3, 0.4) is 0 Å². The van der Waals surface area contributed by atoms with Crippen molar-refractivity contribution in [3.63, 3.8) is 0 Å². The number of ether oxygens (including phenoxy) is 3. The van der Waals surface area contributed by atoms with Crippen LogP contribution in [0.4, 0.5) is 0 Å². The summed E-state index contributed by atoms with van der Waals surface area (Å²) in [6.07, 6.45) is 10.5. The Bertz CT molecular complexity index is 1040. The van der Waals surface area contributed by atoms with Crippen LogP contribution in [0.25, 0.3) is 6.08 Å². The first-order valence-corrected chi connectivity index (χ1v) is 11.7. The molecule has 6 atom stereocenters. The summed E-state index contributed by atoms with van der Waals surface area (Å²) in [6.45, 7) is 11.6. The zero-order valence-electron chi connectivity index (χ0n) is 20.8. The Balaban J connectivity index is 1.63. The van der Waals surface area contributed by atoms with Crippen LogP contribution < -0.4 is 10.4 Å². The quantitative estimate of drug-likeness (QED) is 0.435. The van der Waals surface area contributed by atoms with E-state index in [0.717, 1.165) is 11.1 Å². The summed E-state index contributed by atoms with van der Waals surface area (Å²) in [7, 11) is 0. The van der Waals surface area contributed by atoms with E-state index in [1.165, 1.54) is 6.07 Å². The van der Waals surface area contributed by atoms with Gasteiger partial charge in [-0.25, -0.2) is 4.79 Å². The average Bonchev–Trinajstić information content (AvgIpc) is 3.13. The van der Waals surface area contributed by atoms with Crippen LogP contribution in [0, 0.1) is 12.3 Å². The first kappa shape index (κ1) is 26.2. The highest BCUT2D eigenvalue weighted by molar-refractivity contribution is 5.52. The zero-order valence-corrected chi connectivity index (χ0v) is 20.8. The maximum atomic E-state index is 11.9. The lowest BCUT2D eigenvalue weighted by Crippen LogP contribution is -2.54. The van der Waals surface area contributed by atoms with Gasteiger partial charge in [-0.05, 0) is 53.2 Å². The highest BCUT2D eigenvalue weighted by Crippen LogP contribution is 2.55. The molecule has 2 fully saturated rings. The zero-order chi connectivity index (χ0) is 25.1. The van der Waals surface area contributed by atoms with Gasteiger partial charge in [0.1, 0.15) is 29.8 Å². The number of rotatable bonds is 8. The lowest BCUT2D eigenvalue weighted by atomic mass is 9.69.